The summed E-state index contributed by atoms with van der Waals surface area (Å²) in [5.74, 6) is 6.87. The van der Waals surface area contributed by atoms with E-state index in [1.807, 2.05) is 42.5 Å². The van der Waals surface area contributed by atoms with E-state index in [1.165, 1.54) is 12.8 Å². The van der Waals surface area contributed by atoms with Crippen LogP contribution in [0.2, 0.25) is 0 Å². The second kappa shape index (κ2) is 7.32. The summed E-state index contributed by atoms with van der Waals surface area (Å²) >= 11 is 0. The first-order valence-corrected chi connectivity index (χ1v) is 7.99. The molecule has 0 radical (unpaired) electrons. The zero-order valence-electron chi connectivity index (χ0n) is 13.1. The summed E-state index contributed by atoms with van der Waals surface area (Å²) in [5, 5.41) is 11.0. The van der Waals surface area contributed by atoms with Crippen molar-refractivity contribution in [3.8, 4) is 11.8 Å². The number of benzene rings is 1. The summed E-state index contributed by atoms with van der Waals surface area (Å²) in [4.78, 5) is 2.31. The van der Waals surface area contributed by atoms with Gasteiger partial charge in [0.15, 0.2) is 5.60 Å². The highest BCUT2D eigenvalue weighted by Gasteiger charge is 2.23. The van der Waals surface area contributed by atoms with Gasteiger partial charge in [0, 0.05) is 0 Å². The van der Waals surface area contributed by atoms with Crippen molar-refractivity contribution >= 4 is 6.08 Å². The molecule has 0 aliphatic carbocycles. The number of rotatable bonds is 4. The fourth-order valence-electron chi connectivity index (χ4n) is 2.72. The lowest BCUT2D eigenvalue weighted by Gasteiger charge is -2.19. The van der Waals surface area contributed by atoms with Gasteiger partial charge >= 0.3 is 0 Å². The van der Waals surface area contributed by atoms with Gasteiger partial charge in [0.25, 0.3) is 0 Å². The van der Waals surface area contributed by atoms with Gasteiger partial charge in [-0.1, -0.05) is 42.2 Å². The van der Waals surface area contributed by atoms with E-state index in [4.69, 9.17) is 4.42 Å². The molecule has 1 aliphatic rings. The normalized spacial score (nSPS) is 17.8. The molecule has 2 aromatic rings. The van der Waals surface area contributed by atoms with Gasteiger partial charge in [-0.2, -0.15) is 0 Å². The molecule has 1 aromatic heterocycles. The molecule has 3 heteroatoms. The molecule has 1 atom stereocenters. The van der Waals surface area contributed by atoms with Crippen LogP contribution >= 0.6 is 0 Å². The second-order valence-corrected chi connectivity index (χ2v) is 5.77. The number of hydrogen-bond donors (Lipinski definition) is 1. The Labute approximate surface area is 137 Å². The third-order valence-corrected chi connectivity index (χ3v) is 4.03. The van der Waals surface area contributed by atoms with Crippen LogP contribution in [-0.4, -0.2) is 29.6 Å². The highest BCUT2D eigenvalue weighted by Crippen LogP contribution is 2.23. The largest absolute Gasteiger partial charge is 0.465 e. The van der Waals surface area contributed by atoms with Gasteiger partial charge in [-0.05, 0) is 55.8 Å². The van der Waals surface area contributed by atoms with E-state index < -0.39 is 5.60 Å². The van der Waals surface area contributed by atoms with E-state index in [0.717, 1.165) is 18.7 Å². The topological polar surface area (TPSA) is 36.6 Å². The van der Waals surface area contributed by atoms with Crippen LogP contribution in [0.4, 0.5) is 0 Å². The summed E-state index contributed by atoms with van der Waals surface area (Å²) in [6.07, 6.45) is 7.54. The number of furan rings is 1. The number of likely N-dealkylation sites (tertiary alicyclic amines) is 1. The third-order valence-electron chi connectivity index (χ3n) is 4.03. The van der Waals surface area contributed by atoms with E-state index in [2.05, 4.69) is 16.7 Å². The average Bonchev–Trinajstić information content (AvgIpc) is 3.28. The van der Waals surface area contributed by atoms with Crippen LogP contribution in [-0.2, 0) is 5.60 Å². The summed E-state index contributed by atoms with van der Waals surface area (Å²) in [6.45, 7) is 2.89. The van der Waals surface area contributed by atoms with Gasteiger partial charge in [-0.25, -0.2) is 0 Å². The third kappa shape index (κ3) is 4.13. The Balaban J connectivity index is 1.82. The molecular formula is C20H21NO2. The fraction of sp³-hybridized carbons (Fsp3) is 0.300. The molecule has 1 aliphatic heterocycles. The number of hydrogen-bond acceptors (Lipinski definition) is 3. The zero-order valence-corrected chi connectivity index (χ0v) is 13.1. The van der Waals surface area contributed by atoms with Crippen LogP contribution in [0, 0.1) is 11.8 Å². The Morgan fingerprint density at radius 1 is 1.13 bits per heavy atom. The Hall–Kier alpha value is -2.28. The Morgan fingerprint density at radius 3 is 2.61 bits per heavy atom. The predicted molar refractivity (Wildman–Crippen MR) is 91.5 cm³/mol. The van der Waals surface area contributed by atoms with Gasteiger partial charge in [0.2, 0.25) is 0 Å². The van der Waals surface area contributed by atoms with Crippen LogP contribution in [0.5, 0.6) is 0 Å². The highest BCUT2D eigenvalue weighted by molar-refractivity contribution is 5.50. The first-order chi connectivity index (χ1) is 11.3. The molecule has 1 aromatic carbocycles. The van der Waals surface area contributed by atoms with E-state index in [9.17, 15) is 5.11 Å². The molecule has 3 rings (SSSR count). The molecule has 23 heavy (non-hydrogen) atoms. The fourth-order valence-corrected chi connectivity index (χ4v) is 2.72. The van der Waals surface area contributed by atoms with Crippen molar-refractivity contribution in [2.24, 2.45) is 0 Å². The maximum Gasteiger partial charge on any atom is 0.170 e. The van der Waals surface area contributed by atoms with Gasteiger partial charge < -0.3 is 9.52 Å². The minimum atomic E-state index is -1.31. The Bertz CT molecular complexity index is 688. The maximum absolute atomic E-state index is 11.0. The highest BCUT2D eigenvalue weighted by atomic mass is 16.3. The van der Waals surface area contributed by atoms with Crippen LogP contribution < -0.4 is 0 Å². The minimum absolute atomic E-state index is 0.695. The van der Waals surface area contributed by atoms with Crippen LogP contribution in [0.3, 0.4) is 0 Å². The van der Waals surface area contributed by atoms with Crippen LogP contribution in [0.25, 0.3) is 6.08 Å². The van der Waals surface area contributed by atoms with Crippen molar-refractivity contribution in [1.82, 2.24) is 4.90 Å². The smallest absolute Gasteiger partial charge is 0.170 e. The molecule has 1 saturated heterocycles. The molecule has 1 unspecified atom stereocenters. The van der Waals surface area contributed by atoms with E-state index in [-0.39, 0.29) is 0 Å². The van der Waals surface area contributed by atoms with Crippen molar-refractivity contribution in [1.29, 1.82) is 0 Å². The van der Waals surface area contributed by atoms with Crippen LogP contribution in [0.1, 0.15) is 24.2 Å². The summed E-state index contributed by atoms with van der Waals surface area (Å²) in [5.41, 5.74) is -0.551. The average molecular weight is 307 g/mol. The SMILES string of the molecule is OC(C#CCN1CCCC1)(/C=C/c1ccco1)c1ccccc1. The van der Waals surface area contributed by atoms with Gasteiger partial charge in [0.1, 0.15) is 5.76 Å². The van der Waals surface area contributed by atoms with Crippen molar-refractivity contribution in [2.75, 3.05) is 19.6 Å². The molecule has 2 heterocycles. The minimum Gasteiger partial charge on any atom is -0.465 e. The quantitative estimate of drug-likeness (QED) is 0.881. The summed E-state index contributed by atoms with van der Waals surface area (Å²) < 4.78 is 5.30. The first-order valence-electron chi connectivity index (χ1n) is 7.99. The summed E-state index contributed by atoms with van der Waals surface area (Å²) in [7, 11) is 0. The number of aliphatic hydroxyl groups is 1. The molecular weight excluding hydrogens is 286 g/mol. The zero-order chi connectivity index (χ0) is 16.0. The van der Waals surface area contributed by atoms with Crippen molar-refractivity contribution in [3.05, 3.63) is 66.1 Å². The van der Waals surface area contributed by atoms with Crippen molar-refractivity contribution in [2.45, 2.75) is 18.4 Å². The van der Waals surface area contributed by atoms with Gasteiger partial charge in [0.05, 0.1) is 12.8 Å². The Morgan fingerprint density at radius 2 is 1.91 bits per heavy atom. The molecule has 0 amide bonds. The van der Waals surface area contributed by atoms with Gasteiger partial charge in [-0.3, -0.25) is 4.90 Å². The molecule has 118 valence electrons. The van der Waals surface area contributed by atoms with Gasteiger partial charge in [-0.15, -0.1) is 0 Å². The van der Waals surface area contributed by atoms with Crippen LogP contribution in [0.15, 0.2) is 59.2 Å². The van der Waals surface area contributed by atoms with E-state index in [0.29, 0.717) is 12.3 Å². The summed E-state index contributed by atoms with van der Waals surface area (Å²) in [6, 6.07) is 13.2. The maximum atomic E-state index is 11.0. The number of nitrogens with zero attached hydrogens (tertiary/aromatic N) is 1. The lowest BCUT2D eigenvalue weighted by molar-refractivity contribution is 0.154. The molecule has 3 nitrogen and oxygen atoms in total. The van der Waals surface area contributed by atoms with Crippen molar-refractivity contribution in [3.63, 3.8) is 0 Å². The molecule has 0 bridgehead atoms. The Kier molecular flexibility index (Phi) is 4.97. The van der Waals surface area contributed by atoms with Crippen molar-refractivity contribution < 1.29 is 9.52 Å². The molecule has 1 N–H and O–H groups in total. The predicted octanol–water partition coefficient (Wildman–Crippen LogP) is 3.28. The molecule has 0 saturated carbocycles. The van der Waals surface area contributed by atoms with E-state index >= 15 is 0 Å². The standard InChI is InChI=1S/C20H21NO2/c22-20(18-8-2-1-3-9-18,13-11-19-10-6-17-23-19)12-7-16-21-14-4-5-15-21/h1-3,6,8-11,13,17,22H,4-5,14-16H2/b13-11+. The molecule has 0 spiro atoms. The lowest BCUT2D eigenvalue weighted by atomic mass is 9.93. The monoisotopic (exact) mass is 307 g/mol. The second-order valence-electron chi connectivity index (χ2n) is 5.77. The molecule has 1 fully saturated rings. The lowest BCUT2D eigenvalue weighted by Crippen LogP contribution is -2.23. The first kappa shape index (κ1) is 15.6. The van der Waals surface area contributed by atoms with E-state index in [1.54, 1.807) is 18.4 Å².